The summed E-state index contributed by atoms with van der Waals surface area (Å²) in [6.07, 6.45) is 1.82. The SMILES string of the molecule is CCOC(=O)CNc1c(-c2ccc(OC(=O)Cc3ccc(F)cc3)c(OC)c2)nc2ccc(Br)cn12. The number of nitrogens with zero attached hydrogens (tertiary/aromatic N) is 2. The van der Waals surface area contributed by atoms with Crippen LogP contribution in [0.25, 0.3) is 16.9 Å². The second kappa shape index (κ2) is 11.2. The Bertz CT molecular complexity index is 1400. The van der Waals surface area contributed by atoms with E-state index in [-0.39, 0.29) is 31.1 Å². The lowest BCUT2D eigenvalue weighted by atomic mass is 10.1. The van der Waals surface area contributed by atoms with Crippen LogP contribution >= 0.6 is 15.9 Å². The molecule has 0 aliphatic carbocycles. The third-order valence-electron chi connectivity index (χ3n) is 5.21. The molecular formula is C26H23BrFN3O5. The summed E-state index contributed by atoms with van der Waals surface area (Å²) in [5, 5.41) is 3.11. The summed E-state index contributed by atoms with van der Waals surface area (Å²) in [4.78, 5) is 29.1. The number of rotatable bonds is 9. The van der Waals surface area contributed by atoms with Gasteiger partial charge in [-0.3, -0.25) is 14.0 Å². The molecule has 0 aliphatic heterocycles. The summed E-state index contributed by atoms with van der Waals surface area (Å²) in [6, 6.07) is 14.4. The first-order chi connectivity index (χ1) is 17.4. The maximum atomic E-state index is 13.1. The maximum absolute atomic E-state index is 13.1. The number of anilines is 1. The number of pyridine rings is 1. The molecule has 2 aromatic heterocycles. The molecule has 10 heteroatoms. The maximum Gasteiger partial charge on any atom is 0.325 e. The molecule has 36 heavy (non-hydrogen) atoms. The van der Waals surface area contributed by atoms with Gasteiger partial charge in [-0.15, -0.1) is 0 Å². The van der Waals surface area contributed by atoms with E-state index in [0.29, 0.717) is 34.0 Å². The molecule has 4 rings (SSSR count). The third-order valence-corrected chi connectivity index (χ3v) is 5.68. The van der Waals surface area contributed by atoms with Crippen molar-refractivity contribution in [3.8, 4) is 22.8 Å². The van der Waals surface area contributed by atoms with Gasteiger partial charge < -0.3 is 19.5 Å². The average molecular weight is 556 g/mol. The summed E-state index contributed by atoms with van der Waals surface area (Å²) in [5.41, 5.74) is 2.54. The fraction of sp³-hybridized carbons (Fsp3) is 0.192. The number of fused-ring (bicyclic) bond motifs is 1. The molecule has 2 aromatic carbocycles. The van der Waals surface area contributed by atoms with Crippen molar-refractivity contribution in [1.82, 2.24) is 9.38 Å². The molecule has 0 saturated carbocycles. The van der Waals surface area contributed by atoms with E-state index in [4.69, 9.17) is 19.2 Å². The number of ether oxygens (including phenoxy) is 3. The minimum atomic E-state index is -0.512. The normalized spacial score (nSPS) is 10.8. The number of halogens is 2. The van der Waals surface area contributed by atoms with Crippen molar-refractivity contribution in [1.29, 1.82) is 0 Å². The minimum Gasteiger partial charge on any atom is -0.493 e. The number of hydrogen-bond donors (Lipinski definition) is 1. The number of esters is 2. The van der Waals surface area contributed by atoms with Crippen molar-refractivity contribution in [3.63, 3.8) is 0 Å². The van der Waals surface area contributed by atoms with Crippen molar-refractivity contribution in [3.05, 3.63) is 76.6 Å². The smallest absolute Gasteiger partial charge is 0.325 e. The van der Waals surface area contributed by atoms with Crippen LogP contribution in [0.4, 0.5) is 10.2 Å². The van der Waals surface area contributed by atoms with Gasteiger partial charge in [0.2, 0.25) is 0 Å². The number of hydrogen-bond acceptors (Lipinski definition) is 7. The predicted molar refractivity (Wildman–Crippen MR) is 136 cm³/mol. The van der Waals surface area contributed by atoms with Crippen LogP contribution in [0.5, 0.6) is 11.5 Å². The van der Waals surface area contributed by atoms with Crippen LogP contribution < -0.4 is 14.8 Å². The van der Waals surface area contributed by atoms with Crippen LogP contribution in [0.1, 0.15) is 12.5 Å². The molecule has 0 saturated heterocycles. The highest BCUT2D eigenvalue weighted by Crippen LogP contribution is 2.36. The molecule has 0 bridgehead atoms. The third kappa shape index (κ3) is 5.83. The highest BCUT2D eigenvalue weighted by molar-refractivity contribution is 9.10. The molecule has 0 spiro atoms. The fourth-order valence-electron chi connectivity index (χ4n) is 3.58. The molecule has 0 aliphatic rings. The number of methoxy groups -OCH3 is 1. The lowest BCUT2D eigenvalue weighted by Gasteiger charge is -2.12. The molecule has 0 fully saturated rings. The molecule has 2 heterocycles. The highest BCUT2D eigenvalue weighted by atomic mass is 79.9. The van der Waals surface area contributed by atoms with Gasteiger partial charge in [-0.25, -0.2) is 9.37 Å². The Hall–Kier alpha value is -3.92. The van der Waals surface area contributed by atoms with Gasteiger partial charge in [0.15, 0.2) is 11.5 Å². The van der Waals surface area contributed by atoms with E-state index in [2.05, 4.69) is 21.2 Å². The molecular weight excluding hydrogens is 533 g/mol. The fourth-order valence-corrected chi connectivity index (χ4v) is 3.92. The summed E-state index contributed by atoms with van der Waals surface area (Å²) in [7, 11) is 1.47. The zero-order chi connectivity index (χ0) is 25.7. The molecule has 0 radical (unpaired) electrons. The van der Waals surface area contributed by atoms with Crippen molar-refractivity contribution in [2.75, 3.05) is 25.6 Å². The van der Waals surface area contributed by atoms with Crippen molar-refractivity contribution in [2.45, 2.75) is 13.3 Å². The van der Waals surface area contributed by atoms with E-state index in [1.54, 1.807) is 25.1 Å². The van der Waals surface area contributed by atoms with Gasteiger partial charge in [0, 0.05) is 16.2 Å². The summed E-state index contributed by atoms with van der Waals surface area (Å²) in [5.74, 6) is -0.130. The molecule has 0 atom stereocenters. The van der Waals surface area contributed by atoms with E-state index in [9.17, 15) is 14.0 Å². The first-order valence-electron chi connectivity index (χ1n) is 11.1. The number of carbonyl (C=O) groups is 2. The molecule has 0 amide bonds. The standard InChI is InChI=1S/C26H23BrFN3O5/c1-3-35-24(33)14-29-26-25(30-22-11-7-18(27)15-31(22)26)17-6-10-20(21(13-17)34-2)36-23(32)12-16-4-8-19(28)9-5-16/h4-11,13,15,29H,3,12,14H2,1-2H3. The van der Waals surface area contributed by atoms with Gasteiger partial charge in [0.1, 0.15) is 29.5 Å². The van der Waals surface area contributed by atoms with Crippen molar-refractivity contribution >= 4 is 39.3 Å². The highest BCUT2D eigenvalue weighted by Gasteiger charge is 2.19. The van der Waals surface area contributed by atoms with Crippen molar-refractivity contribution < 1.29 is 28.2 Å². The Morgan fingerprint density at radius 3 is 2.56 bits per heavy atom. The van der Waals surface area contributed by atoms with E-state index < -0.39 is 11.9 Å². The largest absolute Gasteiger partial charge is 0.493 e. The topological polar surface area (TPSA) is 91.2 Å². The van der Waals surface area contributed by atoms with Crippen LogP contribution in [0.2, 0.25) is 0 Å². The molecule has 186 valence electrons. The molecule has 1 N–H and O–H groups in total. The Balaban J connectivity index is 1.62. The van der Waals surface area contributed by atoms with Crippen LogP contribution in [-0.4, -0.2) is 41.6 Å². The number of imidazole rings is 1. The lowest BCUT2D eigenvalue weighted by molar-refractivity contribution is -0.141. The van der Waals surface area contributed by atoms with Gasteiger partial charge >= 0.3 is 11.9 Å². The Morgan fingerprint density at radius 1 is 1.06 bits per heavy atom. The van der Waals surface area contributed by atoms with Gasteiger partial charge in [-0.1, -0.05) is 12.1 Å². The molecule has 8 nitrogen and oxygen atoms in total. The van der Waals surface area contributed by atoms with Gasteiger partial charge in [-0.2, -0.15) is 0 Å². The number of benzene rings is 2. The quantitative estimate of drug-likeness (QED) is 0.228. The first-order valence-corrected chi connectivity index (χ1v) is 11.9. The number of aromatic nitrogens is 2. The van der Waals surface area contributed by atoms with Crippen LogP contribution in [0.3, 0.4) is 0 Å². The van der Waals surface area contributed by atoms with Crippen LogP contribution in [-0.2, 0) is 20.7 Å². The van der Waals surface area contributed by atoms with E-state index in [1.807, 2.05) is 22.7 Å². The lowest BCUT2D eigenvalue weighted by Crippen LogP contribution is -2.18. The summed E-state index contributed by atoms with van der Waals surface area (Å²) >= 11 is 3.46. The van der Waals surface area contributed by atoms with Gasteiger partial charge in [0.05, 0.1) is 20.1 Å². The minimum absolute atomic E-state index is 0.0194. The van der Waals surface area contributed by atoms with Gasteiger partial charge in [0.25, 0.3) is 0 Å². The zero-order valence-corrected chi connectivity index (χ0v) is 21.2. The van der Waals surface area contributed by atoms with E-state index in [1.165, 1.54) is 31.4 Å². The van der Waals surface area contributed by atoms with E-state index >= 15 is 0 Å². The summed E-state index contributed by atoms with van der Waals surface area (Å²) in [6.45, 7) is 1.98. The van der Waals surface area contributed by atoms with Crippen LogP contribution in [0.15, 0.2) is 65.3 Å². The van der Waals surface area contributed by atoms with Crippen LogP contribution in [0, 0.1) is 5.82 Å². The Labute approximate surface area is 215 Å². The zero-order valence-electron chi connectivity index (χ0n) is 19.6. The second-order valence-corrected chi connectivity index (χ2v) is 8.60. The van der Waals surface area contributed by atoms with E-state index in [0.717, 1.165) is 4.47 Å². The number of nitrogens with one attached hydrogen (secondary N) is 1. The molecule has 4 aromatic rings. The monoisotopic (exact) mass is 555 g/mol. The summed E-state index contributed by atoms with van der Waals surface area (Å²) < 4.78 is 31.8. The molecule has 0 unspecified atom stereocenters. The van der Waals surface area contributed by atoms with Crippen molar-refractivity contribution in [2.24, 2.45) is 0 Å². The Kier molecular flexibility index (Phi) is 7.84. The first kappa shape index (κ1) is 25.2. The number of carbonyl (C=O) groups excluding carboxylic acids is 2. The predicted octanol–water partition coefficient (Wildman–Crippen LogP) is 5.03. The van der Waals surface area contributed by atoms with Gasteiger partial charge in [-0.05, 0) is 70.9 Å². The second-order valence-electron chi connectivity index (χ2n) is 7.69. The Morgan fingerprint density at radius 2 is 1.83 bits per heavy atom. The average Bonchev–Trinajstić information content (AvgIpc) is 3.22.